The summed E-state index contributed by atoms with van der Waals surface area (Å²) >= 11 is 5.92. The summed E-state index contributed by atoms with van der Waals surface area (Å²) in [7, 11) is 0. The summed E-state index contributed by atoms with van der Waals surface area (Å²) in [4.78, 5) is 8.33. The minimum atomic E-state index is 0.462. The minimum Gasteiger partial charge on any atom is -0.376 e. The number of nitrogens with zero attached hydrogens (tertiary/aromatic N) is 3. The Balaban J connectivity index is 1.60. The van der Waals surface area contributed by atoms with Gasteiger partial charge in [0.1, 0.15) is 0 Å². The smallest absolute Gasteiger partial charge is 0.245 e. The Morgan fingerprint density at radius 1 is 1.14 bits per heavy atom. The number of hydrogen-bond acceptors (Lipinski definition) is 5. The van der Waals surface area contributed by atoms with Gasteiger partial charge in [0, 0.05) is 29.5 Å². The van der Waals surface area contributed by atoms with E-state index in [1.165, 1.54) is 0 Å². The Morgan fingerprint density at radius 3 is 2.81 bits per heavy atom. The molecular weight excluding hydrogens is 288 g/mol. The van der Waals surface area contributed by atoms with E-state index in [-0.39, 0.29) is 0 Å². The Labute approximate surface area is 127 Å². The van der Waals surface area contributed by atoms with Crippen LogP contribution in [0, 0.1) is 0 Å². The van der Waals surface area contributed by atoms with E-state index in [1.807, 2.05) is 36.4 Å². The van der Waals surface area contributed by atoms with Crippen molar-refractivity contribution in [1.29, 1.82) is 0 Å². The van der Waals surface area contributed by atoms with Crippen molar-refractivity contribution in [2.75, 3.05) is 5.32 Å². The first kappa shape index (κ1) is 13.6. The third-order valence-corrected chi connectivity index (χ3v) is 3.13. The number of hydrogen-bond donors (Lipinski definition) is 1. The molecule has 21 heavy (non-hydrogen) atoms. The normalized spacial score (nSPS) is 10.5. The van der Waals surface area contributed by atoms with Crippen LogP contribution in [0.15, 0.2) is 53.3 Å². The van der Waals surface area contributed by atoms with Gasteiger partial charge >= 0.3 is 0 Å². The van der Waals surface area contributed by atoms with Gasteiger partial charge in [-0.15, -0.1) is 0 Å². The van der Waals surface area contributed by atoms with Crippen molar-refractivity contribution in [3.8, 4) is 0 Å². The van der Waals surface area contributed by atoms with Crippen LogP contribution >= 0.6 is 11.6 Å². The predicted molar refractivity (Wildman–Crippen MR) is 80.1 cm³/mol. The topological polar surface area (TPSA) is 63.8 Å². The molecule has 0 atom stereocenters. The summed E-state index contributed by atoms with van der Waals surface area (Å²) in [6.07, 6.45) is 4.12. The van der Waals surface area contributed by atoms with Crippen molar-refractivity contribution in [2.24, 2.45) is 0 Å². The monoisotopic (exact) mass is 300 g/mol. The zero-order valence-electron chi connectivity index (χ0n) is 11.2. The first-order chi connectivity index (χ1) is 10.3. The SMILES string of the molecule is Clc1cccc(NCc2nc(Cc3ccncc3)no2)c1. The van der Waals surface area contributed by atoms with Gasteiger partial charge in [0.15, 0.2) is 5.82 Å². The summed E-state index contributed by atoms with van der Waals surface area (Å²) < 4.78 is 5.22. The summed E-state index contributed by atoms with van der Waals surface area (Å²) in [5.74, 6) is 1.20. The summed E-state index contributed by atoms with van der Waals surface area (Å²) in [6, 6.07) is 11.3. The highest BCUT2D eigenvalue weighted by atomic mass is 35.5. The van der Waals surface area contributed by atoms with Crippen molar-refractivity contribution < 1.29 is 4.52 Å². The van der Waals surface area contributed by atoms with Crippen molar-refractivity contribution in [1.82, 2.24) is 15.1 Å². The van der Waals surface area contributed by atoms with Crippen molar-refractivity contribution >= 4 is 17.3 Å². The standard InChI is InChI=1S/C15H13ClN4O/c16-12-2-1-3-13(9-12)18-10-15-19-14(20-21-15)8-11-4-6-17-7-5-11/h1-7,9,18H,8,10H2. The molecule has 1 N–H and O–H groups in total. The molecule has 0 saturated carbocycles. The van der Waals surface area contributed by atoms with E-state index in [4.69, 9.17) is 16.1 Å². The molecule has 6 heteroatoms. The molecule has 3 aromatic rings. The van der Waals surface area contributed by atoms with E-state index >= 15 is 0 Å². The maximum atomic E-state index is 5.92. The van der Waals surface area contributed by atoms with Crippen LogP contribution in [0.1, 0.15) is 17.3 Å². The van der Waals surface area contributed by atoms with Crippen molar-refractivity contribution in [2.45, 2.75) is 13.0 Å². The maximum Gasteiger partial charge on any atom is 0.245 e. The molecular formula is C15H13ClN4O. The van der Waals surface area contributed by atoms with E-state index in [0.717, 1.165) is 11.3 Å². The van der Waals surface area contributed by atoms with E-state index in [2.05, 4.69) is 20.4 Å². The number of halogens is 1. The Hall–Kier alpha value is -2.40. The molecule has 5 nitrogen and oxygen atoms in total. The zero-order valence-corrected chi connectivity index (χ0v) is 11.9. The van der Waals surface area contributed by atoms with Crippen LogP contribution < -0.4 is 5.32 Å². The van der Waals surface area contributed by atoms with Gasteiger partial charge in [-0.1, -0.05) is 22.8 Å². The third kappa shape index (κ3) is 3.79. The zero-order chi connectivity index (χ0) is 14.5. The number of aromatic nitrogens is 3. The average Bonchev–Trinajstić information content (AvgIpc) is 2.94. The van der Waals surface area contributed by atoms with Crippen LogP contribution in [0.4, 0.5) is 5.69 Å². The number of nitrogens with one attached hydrogen (secondary N) is 1. The first-order valence-electron chi connectivity index (χ1n) is 6.49. The van der Waals surface area contributed by atoms with Crippen LogP contribution in [0.3, 0.4) is 0 Å². The van der Waals surface area contributed by atoms with E-state index < -0.39 is 0 Å². The Bertz CT molecular complexity index is 714. The Kier molecular flexibility index (Phi) is 4.12. The molecule has 0 aliphatic carbocycles. The highest BCUT2D eigenvalue weighted by Crippen LogP contribution is 2.15. The molecule has 106 valence electrons. The highest BCUT2D eigenvalue weighted by molar-refractivity contribution is 6.30. The molecule has 0 aliphatic rings. The van der Waals surface area contributed by atoms with E-state index in [0.29, 0.717) is 29.7 Å². The molecule has 1 aromatic carbocycles. The summed E-state index contributed by atoms with van der Waals surface area (Å²) in [5.41, 5.74) is 2.01. The number of rotatable bonds is 5. The van der Waals surface area contributed by atoms with Gasteiger partial charge in [-0.3, -0.25) is 4.98 Å². The first-order valence-corrected chi connectivity index (χ1v) is 6.87. The molecule has 2 heterocycles. The molecule has 0 unspecified atom stereocenters. The third-order valence-electron chi connectivity index (χ3n) is 2.89. The van der Waals surface area contributed by atoms with Crippen LogP contribution in [0.5, 0.6) is 0 Å². The molecule has 0 bridgehead atoms. The van der Waals surface area contributed by atoms with Gasteiger partial charge in [-0.05, 0) is 35.9 Å². The second-order valence-electron chi connectivity index (χ2n) is 4.50. The Morgan fingerprint density at radius 2 is 2.00 bits per heavy atom. The molecule has 0 aliphatic heterocycles. The number of pyridine rings is 1. The average molecular weight is 301 g/mol. The predicted octanol–water partition coefficient (Wildman–Crippen LogP) is 3.32. The van der Waals surface area contributed by atoms with Crippen LogP contribution in [-0.4, -0.2) is 15.1 Å². The maximum absolute atomic E-state index is 5.92. The lowest BCUT2D eigenvalue weighted by atomic mass is 10.2. The van der Waals surface area contributed by atoms with Crippen LogP contribution in [0.2, 0.25) is 5.02 Å². The molecule has 0 amide bonds. The highest BCUT2D eigenvalue weighted by Gasteiger charge is 2.07. The van der Waals surface area contributed by atoms with E-state index in [1.54, 1.807) is 12.4 Å². The van der Waals surface area contributed by atoms with Crippen LogP contribution in [-0.2, 0) is 13.0 Å². The van der Waals surface area contributed by atoms with Gasteiger partial charge < -0.3 is 9.84 Å². The van der Waals surface area contributed by atoms with Gasteiger partial charge in [-0.25, -0.2) is 0 Å². The van der Waals surface area contributed by atoms with E-state index in [9.17, 15) is 0 Å². The van der Waals surface area contributed by atoms with Crippen LogP contribution in [0.25, 0.3) is 0 Å². The van der Waals surface area contributed by atoms with Gasteiger partial charge in [0.2, 0.25) is 5.89 Å². The largest absolute Gasteiger partial charge is 0.376 e. The molecule has 2 aromatic heterocycles. The number of anilines is 1. The lowest BCUT2D eigenvalue weighted by molar-refractivity contribution is 0.378. The molecule has 0 saturated heterocycles. The van der Waals surface area contributed by atoms with Gasteiger partial charge in [-0.2, -0.15) is 4.98 Å². The second-order valence-corrected chi connectivity index (χ2v) is 4.94. The van der Waals surface area contributed by atoms with Crippen molar-refractivity contribution in [3.63, 3.8) is 0 Å². The summed E-state index contributed by atoms with van der Waals surface area (Å²) in [6.45, 7) is 0.462. The molecule has 0 fully saturated rings. The molecule has 0 spiro atoms. The van der Waals surface area contributed by atoms with Gasteiger partial charge in [0.05, 0.1) is 6.54 Å². The second kappa shape index (κ2) is 6.37. The molecule has 3 rings (SSSR count). The quantitative estimate of drug-likeness (QED) is 0.783. The summed E-state index contributed by atoms with van der Waals surface area (Å²) in [5, 5.41) is 7.84. The fraction of sp³-hybridized carbons (Fsp3) is 0.133. The fourth-order valence-corrected chi connectivity index (χ4v) is 2.08. The lowest BCUT2D eigenvalue weighted by Gasteiger charge is -2.02. The van der Waals surface area contributed by atoms with Crippen molar-refractivity contribution in [3.05, 3.63) is 71.1 Å². The minimum absolute atomic E-state index is 0.462. The lowest BCUT2D eigenvalue weighted by Crippen LogP contribution is -2.00. The van der Waals surface area contributed by atoms with Gasteiger partial charge in [0.25, 0.3) is 0 Å². The fourth-order valence-electron chi connectivity index (χ4n) is 1.89. The number of benzene rings is 1. The molecule has 0 radical (unpaired) electrons.